The summed E-state index contributed by atoms with van der Waals surface area (Å²) in [6.07, 6.45) is 1.53. The van der Waals surface area contributed by atoms with Crippen molar-refractivity contribution >= 4 is 22.8 Å². The third kappa shape index (κ3) is 3.87. The summed E-state index contributed by atoms with van der Waals surface area (Å²) in [5.41, 5.74) is 5.00. The van der Waals surface area contributed by atoms with Crippen molar-refractivity contribution in [2.24, 2.45) is 0 Å². The van der Waals surface area contributed by atoms with E-state index in [2.05, 4.69) is 20.3 Å². The van der Waals surface area contributed by atoms with Crippen molar-refractivity contribution in [2.75, 3.05) is 5.32 Å². The van der Waals surface area contributed by atoms with Gasteiger partial charge in [-0.1, -0.05) is 55.8 Å². The van der Waals surface area contributed by atoms with Gasteiger partial charge in [-0.2, -0.15) is 0 Å². The van der Waals surface area contributed by atoms with Crippen LogP contribution in [0, 0.1) is 13.8 Å². The minimum Gasteiger partial charge on any atom is -0.294 e. The first-order valence-corrected chi connectivity index (χ1v) is 9.76. The molecule has 2 aromatic carbocycles. The number of aromatic amines is 1. The number of aryl methyl sites for hydroxylation is 2. The average molecular weight is 385 g/mol. The Morgan fingerprint density at radius 2 is 1.79 bits per heavy atom. The number of fused-ring (bicyclic) bond motifs is 1. The normalized spacial score (nSPS) is 11.0. The smallest absolute Gasteiger partial charge is 0.256 e. The van der Waals surface area contributed by atoms with E-state index < -0.39 is 0 Å². The first-order valence-electron chi connectivity index (χ1n) is 9.76. The summed E-state index contributed by atoms with van der Waals surface area (Å²) in [6.45, 7) is 6.02. The van der Waals surface area contributed by atoms with Crippen LogP contribution in [0.4, 0.5) is 11.9 Å². The van der Waals surface area contributed by atoms with Crippen LogP contribution >= 0.6 is 0 Å². The third-order valence-corrected chi connectivity index (χ3v) is 4.84. The predicted molar refractivity (Wildman–Crippen MR) is 117 cm³/mol. The zero-order valence-electron chi connectivity index (χ0n) is 16.8. The minimum atomic E-state index is -0.142. The molecule has 0 saturated heterocycles. The Bertz CT molecular complexity index is 1230. The molecule has 6 heteroatoms. The Morgan fingerprint density at radius 1 is 1.00 bits per heavy atom. The lowest BCUT2D eigenvalue weighted by molar-refractivity contribution is 0.889. The van der Waals surface area contributed by atoms with E-state index in [0.717, 1.165) is 34.1 Å². The number of hydrogen-bond donors (Lipinski definition) is 2. The van der Waals surface area contributed by atoms with Crippen molar-refractivity contribution in [3.8, 4) is 11.3 Å². The molecule has 0 fully saturated rings. The first-order chi connectivity index (χ1) is 14.0. The van der Waals surface area contributed by atoms with Gasteiger partial charge in [0.1, 0.15) is 0 Å². The van der Waals surface area contributed by atoms with Crippen LogP contribution < -0.4 is 10.9 Å². The van der Waals surface area contributed by atoms with Crippen LogP contribution in [0.25, 0.3) is 22.2 Å². The molecule has 2 aromatic heterocycles. The number of benzene rings is 2. The van der Waals surface area contributed by atoms with Gasteiger partial charge in [0.25, 0.3) is 5.56 Å². The lowest BCUT2D eigenvalue weighted by atomic mass is 10.0. The molecule has 0 radical (unpaired) electrons. The Morgan fingerprint density at radius 3 is 2.55 bits per heavy atom. The molecule has 0 bridgehead atoms. The zero-order chi connectivity index (χ0) is 20.4. The van der Waals surface area contributed by atoms with E-state index in [1.165, 1.54) is 0 Å². The van der Waals surface area contributed by atoms with Gasteiger partial charge in [-0.15, -0.1) is 0 Å². The van der Waals surface area contributed by atoms with Gasteiger partial charge in [0.15, 0.2) is 0 Å². The van der Waals surface area contributed by atoms with Crippen LogP contribution in [0.5, 0.6) is 0 Å². The molecule has 146 valence electrons. The topological polar surface area (TPSA) is 83.6 Å². The van der Waals surface area contributed by atoms with Crippen molar-refractivity contribution in [3.05, 3.63) is 75.7 Å². The van der Waals surface area contributed by atoms with Crippen molar-refractivity contribution in [3.63, 3.8) is 0 Å². The Balaban J connectivity index is 1.79. The average Bonchev–Trinajstić information content (AvgIpc) is 2.70. The second kappa shape index (κ2) is 7.83. The molecule has 0 aliphatic rings. The van der Waals surface area contributed by atoms with E-state index in [1.54, 1.807) is 0 Å². The standard InChI is InChI=1S/C23H23N5O/c1-4-8-18-20(16-9-6-5-7-10-16)26-23(27-21(18)29)28-22-24-15(3)17-12-11-14(2)13-19(17)25-22/h5-7,9-13H,4,8H2,1-3H3,(H2,24,25,26,27,28,29). The highest BCUT2D eigenvalue weighted by Crippen LogP contribution is 2.23. The Kier molecular flexibility index (Phi) is 5.08. The number of hydrogen-bond acceptors (Lipinski definition) is 5. The van der Waals surface area contributed by atoms with E-state index in [0.29, 0.717) is 29.6 Å². The van der Waals surface area contributed by atoms with Crippen molar-refractivity contribution in [2.45, 2.75) is 33.6 Å². The van der Waals surface area contributed by atoms with E-state index in [-0.39, 0.29) is 5.56 Å². The van der Waals surface area contributed by atoms with Gasteiger partial charge in [-0.05, 0) is 31.9 Å². The Labute approximate surface area is 169 Å². The molecule has 29 heavy (non-hydrogen) atoms. The summed E-state index contributed by atoms with van der Waals surface area (Å²) in [7, 11) is 0. The van der Waals surface area contributed by atoms with Crippen LogP contribution in [-0.2, 0) is 6.42 Å². The predicted octanol–water partition coefficient (Wildman–Crippen LogP) is 4.69. The molecule has 4 rings (SSSR count). The molecule has 4 aromatic rings. The molecule has 6 nitrogen and oxygen atoms in total. The second-order valence-electron chi connectivity index (χ2n) is 7.14. The molecule has 0 aliphatic heterocycles. The lowest BCUT2D eigenvalue weighted by Crippen LogP contribution is -2.18. The fraction of sp³-hybridized carbons (Fsp3) is 0.217. The summed E-state index contributed by atoms with van der Waals surface area (Å²) in [6, 6.07) is 15.8. The maximum absolute atomic E-state index is 12.8. The van der Waals surface area contributed by atoms with Gasteiger partial charge in [0, 0.05) is 16.5 Å². The summed E-state index contributed by atoms with van der Waals surface area (Å²) >= 11 is 0. The highest BCUT2D eigenvalue weighted by Gasteiger charge is 2.14. The van der Waals surface area contributed by atoms with Crippen molar-refractivity contribution in [1.82, 2.24) is 19.9 Å². The molecule has 0 unspecified atom stereocenters. The number of nitrogens with one attached hydrogen (secondary N) is 2. The third-order valence-electron chi connectivity index (χ3n) is 4.84. The van der Waals surface area contributed by atoms with E-state index in [9.17, 15) is 4.79 Å². The molecule has 2 N–H and O–H groups in total. The number of anilines is 2. The molecule has 0 saturated carbocycles. The molecule has 0 atom stereocenters. The highest BCUT2D eigenvalue weighted by atomic mass is 16.1. The maximum atomic E-state index is 12.8. The van der Waals surface area contributed by atoms with Crippen LogP contribution in [0.1, 0.15) is 30.2 Å². The minimum absolute atomic E-state index is 0.142. The van der Waals surface area contributed by atoms with Gasteiger partial charge in [-0.3, -0.25) is 15.1 Å². The van der Waals surface area contributed by atoms with E-state index in [1.807, 2.05) is 69.3 Å². The van der Waals surface area contributed by atoms with Crippen LogP contribution in [0.15, 0.2) is 53.3 Å². The molecule has 2 heterocycles. The van der Waals surface area contributed by atoms with Gasteiger partial charge in [0.2, 0.25) is 11.9 Å². The van der Waals surface area contributed by atoms with E-state index in [4.69, 9.17) is 4.98 Å². The van der Waals surface area contributed by atoms with Crippen LogP contribution in [-0.4, -0.2) is 19.9 Å². The summed E-state index contributed by atoms with van der Waals surface area (Å²) in [4.78, 5) is 29.4. The van der Waals surface area contributed by atoms with Gasteiger partial charge < -0.3 is 0 Å². The SMILES string of the molecule is CCCc1c(-c2ccccc2)nc(Nc2nc(C)c3ccc(C)cc3n2)[nH]c1=O. The monoisotopic (exact) mass is 385 g/mol. The lowest BCUT2D eigenvalue weighted by Gasteiger charge is -2.12. The largest absolute Gasteiger partial charge is 0.294 e. The molecular weight excluding hydrogens is 362 g/mol. The number of aromatic nitrogens is 4. The first kappa shape index (κ1) is 18.8. The fourth-order valence-electron chi connectivity index (χ4n) is 3.43. The second-order valence-corrected chi connectivity index (χ2v) is 7.14. The summed E-state index contributed by atoms with van der Waals surface area (Å²) in [5, 5.41) is 4.09. The molecule has 0 spiro atoms. The van der Waals surface area contributed by atoms with Crippen molar-refractivity contribution in [1.29, 1.82) is 0 Å². The summed E-state index contributed by atoms with van der Waals surface area (Å²) < 4.78 is 0. The maximum Gasteiger partial charge on any atom is 0.256 e. The fourth-order valence-corrected chi connectivity index (χ4v) is 3.43. The highest BCUT2D eigenvalue weighted by molar-refractivity contribution is 5.82. The number of nitrogens with zero attached hydrogens (tertiary/aromatic N) is 3. The van der Waals surface area contributed by atoms with E-state index >= 15 is 0 Å². The van der Waals surface area contributed by atoms with Crippen molar-refractivity contribution < 1.29 is 0 Å². The number of H-pyrrole nitrogens is 1. The van der Waals surface area contributed by atoms with Gasteiger partial charge in [0.05, 0.1) is 16.9 Å². The Hall–Kier alpha value is -3.54. The zero-order valence-corrected chi connectivity index (χ0v) is 16.8. The van der Waals surface area contributed by atoms with Gasteiger partial charge in [-0.25, -0.2) is 15.0 Å². The van der Waals surface area contributed by atoms with Gasteiger partial charge >= 0.3 is 0 Å². The molecular formula is C23H23N5O. The number of rotatable bonds is 5. The summed E-state index contributed by atoms with van der Waals surface area (Å²) in [5.74, 6) is 0.742. The quantitative estimate of drug-likeness (QED) is 0.520. The molecule has 0 amide bonds. The molecule has 0 aliphatic carbocycles. The van der Waals surface area contributed by atoms with Crippen LogP contribution in [0.2, 0.25) is 0 Å². The van der Waals surface area contributed by atoms with Crippen LogP contribution in [0.3, 0.4) is 0 Å².